The zero-order chi connectivity index (χ0) is 15.2. The number of rotatable bonds is 6. The number of benzene rings is 1. The van der Waals surface area contributed by atoms with Gasteiger partial charge < -0.3 is 15.4 Å². The zero-order valence-electron chi connectivity index (χ0n) is 11.9. The number of hydrogen-bond acceptors (Lipinski definition) is 4. The average Bonchev–Trinajstić information content (AvgIpc) is 2.45. The van der Waals surface area contributed by atoms with Crippen LogP contribution in [0.25, 0.3) is 0 Å². The Morgan fingerprint density at radius 3 is 2.62 bits per heavy atom. The summed E-state index contributed by atoms with van der Waals surface area (Å²) in [6.07, 6.45) is 0. The highest BCUT2D eigenvalue weighted by Gasteiger charge is 2.09. The Morgan fingerprint density at radius 1 is 1.14 bits per heavy atom. The molecular formula is C15H17Cl2N3O. The molecule has 0 fully saturated rings. The zero-order valence-corrected chi connectivity index (χ0v) is 13.4. The van der Waals surface area contributed by atoms with E-state index < -0.39 is 0 Å². The van der Waals surface area contributed by atoms with E-state index in [4.69, 9.17) is 27.9 Å². The van der Waals surface area contributed by atoms with Crippen molar-refractivity contribution in [3.63, 3.8) is 0 Å². The Hall–Kier alpha value is -1.49. The van der Waals surface area contributed by atoms with E-state index in [1.807, 2.05) is 31.2 Å². The van der Waals surface area contributed by atoms with E-state index in [0.717, 1.165) is 17.8 Å². The van der Waals surface area contributed by atoms with Gasteiger partial charge in [0, 0.05) is 19.3 Å². The number of nitrogens with zero attached hydrogens (tertiary/aromatic N) is 1. The van der Waals surface area contributed by atoms with Crippen LogP contribution in [0.3, 0.4) is 0 Å². The molecule has 1 aromatic carbocycles. The van der Waals surface area contributed by atoms with Crippen molar-refractivity contribution in [1.29, 1.82) is 0 Å². The highest BCUT2D eigenvalue weighted by Crippen LogP contribution is 2.31. The molecule has 0 saturated carbocycles. The monoisotopic (exact) mass is 325 g/mol. The van der Waals surface area contributed by atoms with E-state index in [9.17, 15) is 0 Å². The summed E-state index contributed by atoms with van der Waals surface area (Å²) in [5.41, 5.74) is 1.96. The molecule has 4 nitrogen and oxygen atoms in total. The van der Waals surface area contributed by atoms with E-state index in [1.165, 1.54) is 0 Å². The van der Waals surface area contributed by atoms with Gasteiger partial charge in [0.25, 0.3) is 0 Å². The molecule has 0 bridgehead atoms. The molecule has 0 aliphatic heterocycles. The minimum Gasteiger partial charge on any atom is -0.380 e. The molecule has 0 aliphatic carbocycles. The van der Waals surface area contributed by atoms with Crippen molar-refractivity contribution in [2.45, 2.75) is 13.5 Å². The van der Waals surface area contributed by atoms with Crippen LogP contribution in [-0.2, 0) is 11.3 Å². The van der Waals surface area contributed by atoms with Crippen LogP contribution in [0.1, 0.15) is 12.5 Å². The second-order valence-corrected chi connectivity index (χ2v) is 5.25. The van der Waals surface area contributed by atoms with Crippen LogP contribution in [0, 0.1) is 0 Å². The van der Waals surface area contributed by atoms with Gasteiger partial charge in [0.05, 0.1) is 16.7 Å². The predicted molar refractivity (Wildman–Crippen MR) is 88.9 cm³/mol. The second-order valence-electron chi connectivity index (χ2n) is 4.44. The first-order chi connectivity index (χ1) is 10.1. The summed E-state index contributed by atoms with van der Waals surface area (Å²) in [5, 5.41) is 7.27. The van der Waals surface area contributed by atoms with Crippen molar-refractivity contribution in [3.8, 4) is 0 Å². The molecule has 2 N–H and O–H groups in total. The third kappa shape index (κ3) is 4.24. The number of pyridine rings is 1. The van der Waals surface area contributed by atoms with E-state index in [2.05, 4.69) is 15.6 Å². The van der Waals surface area contributed by atoms with Crippen molar-refractivity contribution < 1.29 is 4.74 Å². The molecule has 1 aromatic heterocycles. The molecule has 0 spiro atoms. The molecule has 0 amide bonds. The van der Waals surface area contributed by atoms with E-state index in [0.29, 0.717) is 28.3 Å². The van der Waals surface area contributed by atoms with Gasteiger partial charge in [-0.1, -0.05) is 35.3 Å². The van der Waals surface area contributed by atoms with Crippen molar-refractivity contribution in [3.05, 3.63) is 45.9 Å². The van der Waals surface area contributed by atoms with Crippen molar-refractivity contribution in [2.75, 3.05) is 24.3 Å². The van der Waals surface area contributed by atoms with Crippen molar-refractivity contribution in [1.82, 2.24) is 4.98 Å². The lowest BCUT2D eigenvalue weighted by molar-refractivity contribution is 0.185. The molecule has 0 saturated heterocycles. The first-order valence-corrected chi connectivity index (χ1v) is 7.34. The van der Waals surface area contributed by atoms with E-state index >= 15 is 0 Å². The van der Waals surface area contributed by atoms with E-state index in [1.54, 1.807) is 13.2 Å². The lowest BCUT2D eigenvalue weighted by atomic mass is 10.2. The Bertz CT molecular complexity index is 620. The summed E-state index contributed by atoms with van der Waals surface area (Å²) in [5.74, 6) is 1.17. The van der Waals surface area contributed by atoms with Gasteiger partial charge in [0.1, 0.15) is 5.82 Å². The Morgan fingerprint density at radius 2 is 1.90 bits per heavy atom. The Kier molecular flexibility index (Phi) is 5.67. The first-order valence-electron chi connectivity index (χ1n) is 6.59. The average molecular weight is 326 g/mol. The van der Waals surface area contributed by atoms with Gasteiger partial charge in [-0.2, -0.15) is 0 Å². The number of ether oxygens (including phenoxy) is 1. The van der Waals surface area contributed by atoms with Crippen LogP contribution in [0.2, 0.25) is 10.0 Å². The molecule has 6 heteroatoms. The van der Waals surface area contributed by atoms with Crippen molar-refractivity contribution >= 4 is 40.5 Å². The largest absolute Gasteiger partial charge is 0.380 e. The third-order valence-corrected chi connectivity index (χ3v) is 3.35. The molecule has 21 heavy (non-hydrogen) atoms. The summed E-state index contributed by atoms with van der Waals surface area (Å²) < 4.78 is 5.13. The predicted octanol–water partition coefficient (Wildman–Crippen LogP) is 4.71. The standard InChI is InChI=1S/C15H17Cl2N3O/c1-3-18-14-12(16)8-13(17)15(20-14)19-11-6-4-5-10(7-11)9-21-2/h4-8H,3,9H2,1-2H3,(H2,18,19,20). The number of methoxy groups -OCH3 is 1. The molecule has 112 valence electrons. The minimum absolute atomic E-state index is 0.471. The maximum Gasteiger partial charge on any atom is 0.151 e. The quantitative estimate of drug-likeness (QED) is 0.807. The van der Waals surface area contributed by atoms with Gasteiger partial charge >= 0.3 is 0 Å². The molecule has 0 atom stereocenters. The minimum atomic E-state index is 0.471. The molecule has 0 unspecified atom stereocenters. The first kappa shape index (κ1) is 15.9. The van der Waals surface area contributed by atoms with Gasteiger partial charge in [0.2, 0.25) is 0 Å². The number of halogens is 2. The Balaban J connectivity index is 2.26. The summed E-state index contributed by atoms with van der Waals surface area (Å²) in [6, 6.07) is 9.55. The molecular weight excluding hydrogens is 309 g/mol. The van der Waals surface area contributed by atoms with E-state index in [-0.39, 0.29) is 0 Å². The van der Waals surface area contributed by atoms with Gasteiger partial charge in [-0.25, -0.2) is 4.98 Å². The SMILES string of the molecule is CCNc1nc(Nc2cccc(COC)c2)c(Cl)cc1Cl. The highest BCUT2D eigenvalue weighted by molar-refractivity contribution is 6.37. The smallest absolute Gasteiger partial charge is 0.151 e. The third-order valence-electron chi connectivity index (χ3n) is 2.77. The summed E-state index contributed by atoms with van der Waals surface area (Å²) >= 11 is 12.3. The van der Waals surface area contributed by atoms with Gasteiger partial charge in [0.15, 0.2) is 5.82 Å². The van der Waals surface area contributed by atoms with Crippen molar-refractivity contribution in [2.24, 2.45) is 0 Å². The summed E-state index contributed by atoms with van der Waals surface area (Å²) in [7, 11) is 1.67. The molecule has 0 aliphatic rings. The number of anilines is 3. The lowest BCUT2D eigenvalue weighted by Crippen LogP contribution is -2.03. The van der Waals surface area contributed by atoms with Crippen LogP contribution < -0.4 is 10.6 Å². The highest BCUT2D eigenvalue weighted by atomic mass is 35.5. The number of nitrogens with one attached hydrogen (secondary N) is 2. The molecule has 2 aromatic rings. The second kappa shape index (κ2) is 7.50. The summed E-state index contributed by atoms with van der Waals surface area (Å²) in [6.45, 7) is 3.27. The maximum atomic E-state index is 6.19. The fraction of sp³-hybridized carbons (Fsp3) is 0.267. The number of hydrogen-bond donors (Lipinski definition) is 2. The van der Waals surface area contributed by atoms with Gasteiger partial charge in [-0.05, 0) is 30.7 Å². The number of aromatic nitrogens is 1. The van der Waals surface area contributed by atoms with Gasteiger partial charge in [-0.3, -0.25) is 0 Å². The van der Waals surface area contributed by atoms with Crippen LogP contribution in [0.15, 0.2) is 30.3 Å². The van der Waals surface area contributed by atoms with Crippen LogP contribution in [0.4, 0.5) is 17.3 Å². The summed E-state index contributed by atoms with van der Waals surface area (Å²) in [4.78, 5) is 4.42. The maximum absolute atomic E-state index is 6.19. The Labute approximate surface area is 134 Å². The topological polar surface area (TPSA) is 46.2 Å². The van der Waals surface area contributed by atoms with Gasteiger partial charge in [-0.15, -0.1) is 0 Å². The van der Waals surface area contributed by atoms with Crippen LogP contribution in [0.5, 0.6) is 0 Å². The molecule has 0 radical (unpaired) electrons. The molecule has 1 heterocycles. The normalized spacial score (nSPS) is 10.5. The fourth-order valence-corrected chi connectivity index (χ4v) is 2.36. The molecule has 2 rings (SSSR count). The fourth-order valence-electron chi connectivity index (χ4n) is 1.89. The van der Waals surface area contributed by atoms with Crippen LogP contribution >= 0.6 is 23.2 Å². The van der Waals surface area contributed by atoms with Crippen LogP contribution in [-0.4, -0.2) is 18.6 Å². The lowest BCUT2D eigenvalue weighted by Gasteiger charge is -2.12.